The van der Waals surface area contributed by atoms with Crippen LogP contribution in [0.25, 0.3) is 0 Å². The van der Waals surface area contributed by atoms with Gasteiger partial charge >= 0.3 is 5.76 Å². The lowest BCUT2D eigenvalue weighted by Crippen LogP contribution is -2.30. The lowest BCUT2D eigenvalue weighted by Gasteiger charge is -2.05. The topological polar surface area (TPSA) is 55.4 Å². The zero-order valence-corrected chi connectivity index (χ0v) is 8.95. The summed E-state index contributed by atoms with van der Waals surface area (Å²) in [5.74, 6) is -3.03. The van der Waals surface area contributed by atoms with Crippen LogP contribution in [-0.4, -0.2) is 39.8 Å². The number of hydrogen-bond donors (Lipinski definition) is 1. The molecule has 0 rings (SSSR count). The van der Waals surface area contributed by atoms with Crippen molar-refractivity contribution in [1.29, 1.82) is 0 Å². The minimum absolute atomic E-state index is 0.0606. The third-order valence-electron chi connectivity index (χ3n) is 1.22. The van der Waals surface area contributed by atoms with E-state index in [1.807, 2.05) is 0 Å². The van der Waals surface area contributed by atoms with Gasteiger partial charge in [-0.05, 0) is 6.42 Å². The van der Waals surface area contributed by atoms with Crippen molar-refractivity contribution in [1.82, 2.24) is 4.72 Å². The van der Waals surface area contributed by atoms with E-state index in [1.54, 1.807) is 4.72 Å². The summed E-state index contributed by atoms with van der Waals surface area (Å²) < 4.78 is 51.1. The van der Waals surface area contributed by atoms with Gasteiger partial charge in [-0.2, -0.15) is 8.78 Å². The lowest BCUT2D eigenvalue weighted by atomic mass is 10.5. The SMILES string of the molecule is O=S(=O)(NCCCOCCCl)C(F)F. The normalized spacial score (nSPS) is 12.3. The molecule has 0 spiro atoms. The Bertz CT molecular complexity index is 235. The number of rotatable bonds is 8. The molecule has 14 heavy (non-hydrogen) atoms. The van der Waals surface area contributed by atoms with Gasteiger partial charge in [0.25, 0.3) is 10.0 Å². The fraction of sp³-hybridized carbons (Fsp3) is 1.00. The van der Waals surface area contributed by atoms with Crippen LogP contribution in [0.4, 0.5) is 8.78 Å². The molecular formula is C6H12ClF2NO3S. The third-order valence-corrected chi connectivity index (χ3v) is 2.45. The number of halogens is 3. The minimum atomic E-state index is -4.46. The maximum Gasteiger partial charge on any atom is 0.350 e. The molecule has 0 aromatic carbocycles. The van der Waals surface area contributed by atoms with E-state index in [-0.39, 0.29) is 6.54 Å². The fourth-order valence-electron chi connectivity index (χ4n) is 0.608. The Morgan fingerprint density at radius 2 is 2.00 bits per heavy atom. The summed E-state index contributed by atoms with van der Waals surface area (Å²) in [5, 5.41) is 0. The maximum atomic E-state index is 11.7. The predicted molar refractivity (Wildman–Crippen MR) is 49.1 cm³/mol. The van der Waals surface area contributed by atoms with Crippen molar-refractivity contribution < 1.29 is 21.9 Å². The predicted octanol–water partition coefficient (Wildman–Crippen LogP) is 0.774. The summed E-state index contributed by atoms with van der Waals surface area (Å²) in [6.07, 6.45) is 0.336. The third kappa shape index (κ3) is 6.47. The van der Waals surface area contributed by atoms with Gasteiger partial charge in [-0.3, -0.25) is 0 Å². The summed E-state index contributed by atoms with van der Waals surface area (Å²) >= 11 is 5.29. The van der Waals surface area contributed by atoms with E-state index in [0.717, 1.165) is 0 Å². The van der Waals surface area contributed by atoms with Crippen molar-refractivity contribution in [3.05, 3.63) is 0 Å². The first-order chi connectivity index (χ1) is 6.50. The molecule has 1 N–H and O–H groups in total. The van der Waals surface area contributed by atoms with Gasteiger partial charge in [0.2, 0.25) is 0 Å². The molecule has 0 aromatic rings. The zero-order valence-electron chi connectivity index (χ0n) is 7.38. The van der Waals surface area contributed by atoms with Crippen LogP contribution < -0.4 is 4.72 Å². The van der Waals surface area contributed by atoms with Crippen LogP contribution in [0.2, 0.25) is 0 Å². The van der Waals surface area contributed by atoms with Gasteiger partial charge in [-0.25, -0.2) is 13.1 Å². The molecule has 0 saturated heterocycles. The summed E-state index contributed by atoms with van der Waals surface area (Å²) in [6, 6.07) is 0. The van der Waals surface area contributed by atoms with E-state index in [2.05, 4.69) is 0 Å². The molecule has 0 amide bonds. The lowest BCUT2D eigenvalue weighted by molar-refractivity contribution is 0.147. The zero-order chi connectivity index (χ0) is 11.0. The summed E-state index contributed by atoms with van der Waals surface area (Å²) in [5.41, 5.74) is 0. The van der Waals surface area contributed by atoms with Gasteiger partial charge in [0.15, 0.2) is 0 Å². The first-order valence-electron chi connectivity index (χ1n) is 3.91. The van der Waals surface area contributed by atoms with Crippen molar-refractivity contribution >= 4 is 21.6 Å². The number of nitrogens with one attached hydrogen (secondary N) is 1. The molecule has 0 bridgehead atoms. The maximum absolute atomic E-state index is 11.7. The van der Waals surface area contributed by atoms with Crippen molar-refractivity contribution in [2.45, 2.75) is 12.2 Å². The van der Waals surface area contributed by atoms with Crippen LogP contribution >= 0.6 is 11.6 Å². The van der Waals surface area contributed by atoms with Crippen LogP contribution in [0.15, 0.2) is 0 Å². The second-order valence-electron chi connectivity index (χ2n) is 2.35. The highest BCUT2D eigenvalue weighted by molar-refractivity contribution is 7.89. The van der Waals surface area contributed by atoms with Crippen LogP contribution in [0.5, 0.6) is 0 Å². The Balaban J connectivity index is 3.46. The standard InChI is InChI=1S/C6H12ClF2NO3S/c7-2-5-13-4-1-3-10-14(11,12)6(8)9/h6,10H,1-5H2. The molecule has 0 aromatic heterocycles. The van der Waals surface area contributed by atoms with Gasteiger partial charge in [0.1, 0.15) is 0 Å². The molecule has 0 radical (unpaired) electrons. The molecule has 8 heteroatoms. The fourth-order valence-corrected chi connectivity index (χ4v) is 1.27. The van der Waals surface area contributed by atoms with Crippen molar-refractivity contribution in [3.8, 4) is 0 Å². The quantitative estimate of drug-likeness (QED) is 0.512. The first-order valence-corrected chi connectivity index (χ1v) is 5.99. The van der Waals surface area contributed by atoms with Crippen molar-refractivity contribution in [3.63, 3.8) is 0 Å². The van der Waals surface area contributed by atoms with Crippen LogP contribution in [0.1, 0.15) is 6.42 Å². The Hall–Kier alpha value is 0.0200. The highest BCUT2D eigenvalue weighted by Crippen LogP contribution is 2.01. The Kier molecular flexibility index (Phi) is 7.34. The average Bonchev–Trinajstić information content (AvgIpc) is 2.10. The number of alkyl halides is 3. The number of ether oxygens (including phenoxy) is 1. The molecular weight excluding hydrogens is 240 g/mol. The first kappa shape index (κ1) is 14.0. The molecule has 0 aliphatic carbocycles. The smallest absolute Gasteiger partial charge is 0.350 e. The van der Waals surface area contributed by atoms with Crippen molar-refractivity contribution in [2.75, 3.05) is 25.6 Å². The molecule has 0 aliphatic rings. The van der Waals surface area contributed by atoms with Gasteiger partial charge in [-0.15, -0.1) is 11.6 Å². The number of sulfonamides is 1. The van der Waals surface area contributed by atoms with Crippen LogP contribution in [0, 0.1) is 0 Å². The Morgan fingerprint density at radius 3 is 2.50 bits per heavy atom. The molecule has 0 saturated carbocycles. The van der Waals surface area contributed by atoms with E-state index >= 15 is 0 Å². The van der Waals surface area contributed by atoms with E-state index in [9.17, 15) is 17.2 Å². The molecule has 0 aliphatic heterocycles. The second-order valence-corrected chi connectivity index (χ2v) is 4.47. The van der Waals surface area contributed by atoms with E-state index in [4.69, 9.17) is 16.3 Å². The molecule has 0 unspecified atom stereocenters. The van der Waals surface area contributed by atoms with E-state index < -0.39 is 15.8 Å². The summed E-state index contributed by atoms with van der Waals surface area (Å²) in [7, 11) is -4.46. The molecule has 86 valence electrons. The molecule has 0 fully saturated rings. The Labute approximate surface area is 86.6 Å². The van der Waals surface area contributed by atoms with E-state index in [1.165, 1.54) is 0 Å². The highest BCUT2D eigenvalue weighted by Gasteiger charge is 2.22. The summed E-state index contributed by atoms with van der Waals surface area (Å²) in [4.78, 5) is 0. The highest BCUT2D eigenvalue weighted by atomic mass is 35.5. The van der Waals surface area contributed by atoms with Gasteiger partial charge in [-0.1, -0.05) is 0 Å². The monoisotopic (exact) mass is 251 g/mol. The number of hydrogen-bond acceptors (Lipinski definition) is 3. The van der Waals surface area contributed by atoms with Crippen LogP contribution in [-0.2, 0) is 14.8 Å². The minimum Gasteiger partial charge on any atom is -0.380 e. The molecule has 4 nitrogen and oxygen atoms in total. The van der Waals surface area contributed by atoms with Crippen molar-refractivity contribution in [2.24, 2.45) is 0 Å². The largest absolute Gasteiger partial charge is 0.380 e. The van der Waals surface area contributed by atoms with E-state index in [0.29, 0.717) is 25.5 Å². The second kappa shape index (κ2) is 7.33. The average molecular weight is 252 g/mol. The Morgan fingerprint density at radius 1 is 1.36 bits per heavy atom. The van der Waals surface area contributed by atoms with Gasteiger partial charge in [0, 0.05) is 19.0 Å². The van der Waals surface area contributed by atoms with Gasteiger partial charge < -0.3 is 4.74 Å². The van der Waals surface area contributed by atoms with Gasteiger partial charge in [0.05, 0.1) is 6.61 Å². The van der Waals surface area contributed by atoms with Crippen LogP contribution in [0.3, 0.4) is 0 Å². The molecule has 0 atom stereocenters. The summed E-state index contributed by atoms with van der Waals surface area (Å²) in [6.45, 7) is 0.594. The molecule has 0 heterocycles.